The van der Waals surface area contributed by atoms with Crippen LogP contribution >= 0.6 is 0 Å². The molecule has 1 rings (SSSR count). The van der Waals surface area contributed by atoms with Crippen LogP contribution in [0.15, 0.2) is 18.2 Å². The normalized spacial score (nSPS) is 12.0. The number of benzene rings is 1. The fraction of sp³-hybridized carbons (Fsp3) is 0.562. The predicted octanol–water partition coefficient (Wildman–Crippen LogP) is 2.79. The number of unbranched alkanes of at least 4 members (excludes halogenated alkanes) is 1. The van der Waals surface area contributed by atoms with Crippen LogP contribution < -0.4 is 15.4 Å². The molecular formula is C16H25FN2O2. The fourth-order valence-electron chi connectivity index (χ4n) is 2.01. The van der Waals surface area contributed by atoms with E-state index in [0.29, 0.717) is 12.3 Å². The maximum atomic E-state index is 13.4. The zero-order valence-corrected chi connectivity index (χ0v) is 13.0. The van der Waals surface area contributed by atoms with E-state index in [4.69, 9.17) is 4.74 Å². The topological polar surface area (TPSA) is 50.4 Å². The van der Waals surface area contributed by atoms with Crippen LogP contribution in [0.3, 0.4) is 0 Å². The van der Waals surface area contributed by atoms with Gasteiger partial charge in [-0.25, -0.2) is 4.39 Å². The van der Waals surface area contributed by atoms with Crippen LogP contribution in [0.2, 0.25) is 0 Å². The summed E-state index contributed by atoms with van der Waals surface area (Å²) in [5.74, 6) is -0.146. The van der Waals surface area contributed by atoms with Gasteiger partial charge in [0.25, 0.3) is 5.91 Å². The van der Waals surface area contributed by atoms with E-state index in [1.165, 1.54) is 12.1 Å². The van der Waals surface area contributed by atoms with Crippen LogP contribution in [0.25, 0.3) is 0 Å². The highest BCUT2D eigenvalue weighted by molar-refractivity contribution is 5.77. The second-order valence-electron chi connectivity index (χ2n) is 4.95. The highest BCUT2D eigenvalue weighted by Crippen LogP contribution is 2.26. The van der Waals surface area contributed by atoms with Gasteiger partial charge in [-0.3, -0.25) is 4.79 Å². The number of rotatable bonds is 9. The summed E-state index contributed by atoms with van der Waals surface area (Å²) in [6, 6.07) is 4.45. The molecule has 0 bridgehead atoms. The van der Waals surface area contributed by atoms with E-state index in [2.05, 4.69) is 17.6 Å². The molecule has 0 aromatic heterocycles. The Hall–Kier alpha value is -1.62. The summed E-state index contributed by atoms with van der Waals surface area (Å²) in [6.45, 7) is 7.38. The Labute approximate surface area is 126 Å². The van der Waals surface area contributed by atoms with Crippen LogP contribution in [0.5, 0.6) is 5.75 Å². The Bertz CT molecular complexity index is 452. The highest BCUT2D eigenvalue weighted by atomic mass is 19.1. The summed E-state index contributed by atoms with van der Waals surface area (Å²) in [5.41, 5.74) is 0.847. The summed E-state index contributed by atoms with van der Waals surface area (Å²) in [4.78, 5) is 11.6. The standard InChI is InChI=1S/C16H25FN2O2/c1-4-6-9-19-16(20)11-21-15-10-13(17)7-8-14(15)12(3)18-5-2/h7-8,10,12,18H,4-6,9,11H2,1-3H3,(H,19,20). The monoisotopic (exact) mass is 296 g/mol. The second-order valence-corrected chi connectivity index (χ2v) is 4.95. The molecule has 0 heterocycles. The third-order valence-corrected chi connectivity index (χ3v) is 3.16. The molecule has 2 N–H and O–H groups in total. The van der Waals surface area contributed by atoms with Crippen molar-refractivity contribution in [1.29, 1.82) is 0 Å². The van der Waals surface area contributed by atoms with Gasteiger partial charge in [-0.2, -0.15) is 0 Å². The minimum Gasteiger partial charge on any atom is -0.483 e. The first kappa shape index (κ1) is 17.4. The number of carbonyl (C=O) groups excluding carboxylic acids is 1. The predicted molar refractivity (Wildman–Crippen MR) is 81.9 cm³/mol. The molecule has 0 aliphatic heterocycles. The number of nitrogens with one attached hydrogen (secondary N) is 2. The number of amides is 1. The van der Waals surface area contributed by atoms with Crippen molar-refractivity contribution < 1.29 is 13.9 Å². The maximum Gasteiger partial charge on any atom is 0.257 e. The molecule has 1 unspecified atom stereocenters. The molecule has 4 nitrogen and oxygen atoms in total. The molecule has 0 aliphatic carbocycles. The molecule has 1 atom stereocenters. The van der Waals surface area contributed by atoms with Crippen molar-refractivity contribution in [3.05, 3.63) is 29.6 Å². The van der Waals surface area contributed by atoms with Crippen molar-refractivity contribution in [1.82, 2.24) is 10.6 Å². The second kappa shape index (κ2) is 9.34. The lowest BCUT2D eigenvalue weighted by Crippen LogP contribution is -2.30. The van der Waals surface area contributed by atoms with E-state index in [0.717, 1.165) is 24.9 Å². The number of hydrogen-bond acceptors (Lipinski definition) is 3. The van der Waals surface area contributed by atoms with Crippen molar-refractivity contribution >= 4 is 5.91 Å². The molecule has 118 valence electrons. The first-order valence-corrected chi connectivity index (χ1v) is 7.50. The number of halogens is 1. The minimum absolute atomic E-state index is 0.0359. The van der Waals surface area contributed by atoms with Gasteiger partial charge in [-0.05, 0) is 26.0 Å². The molecule has 1 aromatic rings. The van der Waals surface area contributed by atoms with E-state index in [-0.39, 0.29) is 24.4 Å². The Morgan fingerprint density at radius 2 is 2.14 bits per heavy atom. The van der Waals surface area contributed by atoms with Gasteiger partial charge in [-0.15, -0.1) is 0 Å². The Morgan fingerprint density at radius 3 is 2.81 bits per heavy atom. The lowest BCUT2D eigenvalue weighted by Gasteiger charge is -2.17. The molecule has 21 heavy (non-hydrogen) atoms. The van der Waals surface area contributed by atoms with Gasteiger partial charge in [-0.1, -0.05) is 26.3 Å². The molecule has 1 amide bonds. The van der Waals surface area contributed by atoms with Crippen molar-refractivity contribution in [3.8, 4) is 5.75 Å². The quantitative estimate of drug-likeness (QED) is 0.689. The SMILES string of the molecule is CCCCNC(=O)COc1cc(F)ccc1C(C)NCC. The average Bonchev–Trinajstić information content (AvgIpc) is 2.45. The zero-order chi connectivity index (χ0) is 15.7. The molecule has 0 saturated carbocycles. The summed E-state index contributed by atoms with van der Waals surface area (Å²) in [7, 11) is 0. The highest BCUT2D eigenvalue weighted by Gasteiger charge is 2.13. The zero-order valence-electron chi connectivity index (χ0n) is 13.0. The first-order valence-electron chi connectivity index (χ1n) is 7.50. The summed E-state index contributed by atoms with van der Waals surface area (Å²) in [6.07, 6.45) is 1.96. The Balaban J connectivity index is 2.64. The fourth-order valence-corrected chi connectivity index (χ4v) is 2.01. The van der Waals surface area contributed by atoms with Crippen LogP contribution in [0, 0.1) is 5.82 Å². The molecule has 0 aliphatic rings. The molecular weight excluding hydrogens is 271 g/mol. The number of hydrogen-bond donors (Lipinski definition) is 2. The van der Waals surface area contributed by atoms with Crippen LogP contribution in [-0.4, -0.2) is 25.6 Å². The smallest absolute Gasteiger partial charge is 0.257 e. The first-order chi connectivity index (χ1) is 10.1. The molecule has 0 fully saturated rings. The van der Waals surface area contributed by atoms with Gasteiger partial charge in [0.2, 0.25) is 0 Å². The molecule has 5 heteroatoms. The van der Waals surface area contributed by atoms with E-state index in [1.807, 2.05) is 13.8 Å². The number of ether oxygens (including phenoxy) is 1. The van der Waals surface area contributed by atoms with Crippen LogP contribution in [0.4, 0.5) is 4.39 Å². The summed E-state index contributed by atoms with van der Waals surface area (Å²) >= 11 is 0. The van der Waals surface area contributed by atoms with Gasteiger partial charge < -0.3 is 15.4 Å². The summed E-state index contributed by atoms with van der Waals surface area (Å²) in [5, 5.41) is 6.02. The van der Waals surface area contributed by atoms with Crippen molar-refractivity contribution in [2.45, 2.75) is 39.7 Å². The van der Waals surface area contributed by atoms with Crippen molar-refractivity contribution in [2.75, 3.05) is 19.7 Å². The third kappa shape index (κ3) is 6.12. The van der Waals surface area contributed by atoms with E-state index < -0.39 is 0 Å². The lowest BCUT2D eigenvalue weighted by atomic mass is 10.1. The average molecular weight is 296 g/mol. The molecule has 0 spiro atoms. The van der Waals surface area contributed by atoms with Crippen LogP contribution in [-0.2, 0) is 4.79 Å². The minimum atomic E-state index is -0.371. The van der Waals surface area contributed by atoms with E-state index in [1.54, 1.807) is 6.07 Å². The van der Waals surface area contributed by atoms with Gasteiger partial charge in [0.1, 0.15) is 11.6 Å². The molecule has 1 aromatic carbocycles. The largest absolute Gasteiger partial charge is 0.483 e. The van der Waals surface area contributed by atoms with Crippen LogP contribution in [0.1, 0.15) is 45.2 Å². The molecule has 0 radical (unpaired) electrons. The van der Waals surface area contributed by atoms with Gasteiger partial charge >= 0.3 is 0 Å². The lowest BCUT2D eigenvalue weighted by molar-refractivity contribution is -0.123. The maximum absolute atomic E-state index is 13.4. The van der Waals surface area contributed by atoms with Gasteiger partial charge in [0.15, 0.2) is 6.61 Å². The number of carbonyl (C=O) groups is 1. The molecule has 0 saturated heterocycles. The van der Waals surface area contributed by atoms with Gasteiger partial charge in [0.05, 0.1) is 0 Å². The van der Waals surface area contributed by atoms with Gasteiger partial charge in [0, 0.05) is 24.2 Å². The van der Waals surface area contributed by atoms with E-state index in [9.17, 15) is 9.18 Å². The van der Waals surface area contributed by atoms with E-state index >= 15 is 0 Å². The Morgan fingerprint density at radius 1 is 1.38 bits per heavy atom. The van der Waals surface area contributed by atoms with Crippen molar-refractivity contribution in [3.63, 3.8) is 0 Å². The van der Waals surface area contributed by atoms with Crippen molar-refractivity contribution in [2.24, 2.45) is 0 Å². The Kier molecular flexibility index (Phi) is 7.75. The third-order valence-electron chi connectivity index (χ3n) is 3.16. The summed E-state index contributed by atoms with van der Waals surface area (Å²) < 4.78 is 18.9.